The Morgan fingerprint density at radius 2 is 1.71 bits per heavy atom. The Balaban J connectivity index is 2.21. The molecule has 0 aliphatic rings. The number of aliphatic hydroxyl groups excluding tert-OH is 1. The molecule has 2 aromatic carbocycles. The first-order chi connectivity index (χ1) is 11.5. The highest BCUT2D eigenvalue weighted by Crippen LogP contribution is 2.35. The van der Waals surface area contributed by atoms with E-state index in [9.17, 15) is 15.0 Å². The number of aromatic amines is 1. The summed E-state index contributed by atoms with van der Waals surface area (Å²) in [6.45, 7) is 3.62. The average molecular weight is 321 g/mol. The fourth-order valence-corrected chi connectivity index (χ4v) is 2.96. The zero-order valence-electron chi connectivity index (χ0n) is 13.6. The van der Waals surface area contributed by atoms with Crippen molar-refractivity contribution in [2.45, 2.75) is 20.0 Å². The molecule has 122 valence electrons. The molecule has 0 amide bonds. The lowest BCUT2D eigenvalue weighted by Crippen LogP contribution is -1.99. The number of nitrogens with one attached hydrogen (secondary N) is 1. The van der Waals surface area contributed by atoms with Gasteiger partial charge in [0.2, 0.25) is 0 Å². The van der Waals surface area contributed by atoms with Crippen LogP contribution in [0.15, 0.2) is 54.6 Å². The number of aromatic carboxylic acids is 1. The summed E-state index contributed by atoms with van der Waals surface area (Å²) >= 11 is 0. The molecule has 3 N–H and O–H groups in total. The molecule has 0 saturated carbocycles. The van der Waals surface area contributed by atoms with E-state index in [1.807, 2.05) is 61.5 Å². The molecular formula is C20H19NO3. The fraction of sp³-hybridized carbons (Fsp3) is 0.150. The maximum Gasteiger partial charge on any atom is 0.352 e. The number of aromatic nitrogens is 1. The van der Waals surface area contributed by atoms with Crippen LogP contribution in [0.25, 0.3) is 22.4 Å². The zero-order chi connectivity index (χ0) is 17.3. The fourth-order valence-electron chi connectivity index (χ4n) is 2.96. The van der Waals surface area contributed by atoms with Crippen LogP contribution in [0.3, 0.4) is 0 Å². The van der Waals surface area contributed by atoms with Crippen LogP contribution >= 0.6 is 0 Å². The topological polar surface area (TPSA) is 73.3 Å². The van der Waals surface area contributed by atoms with Gasteiger partial charge in [0.1, 0.15) is 5.69 Å². The molecule has 0 aliphatic heterocycles. The first-order valence-electron chi connectivity index (χ1n) is 7.78. The van der Waals surface area contributed by atoms with Gasteiger partial charge in [0.05, 0.1) is 6.10 Å². The van der Waals surface area contributed by atoms with E-state index < -0.39 is 12.1 Å². The second kappa shape index (κ2) is 6.34. The summed E-state index contributed by atoms with van der Waals surface area (Å²) in [6.07, 6.45) is -0.576. The lowest BCUT2D eigenvalue weighted by Gasteiger charge is -2.08. The van der Waals surface area contributed by atoms with Crippen LogP contribution in [0.1, 0.15) is 34.6 Å². The maximum atomic E-state index is 11.7. The van der Waals surface area contributed by atoms with Crippen LogP contribution in [0.4, 0.5) is 0 Å². The second-order valence-electron chi connectivity index (χ2n) is 5.85. The first kappa shape index (κ1) is 16.0. The van der Waals surface area contributed by atoms with Crippen LogP contribution < -0.4 is 0 Å². The molecule has 4 heteroatoms. The van der Waals surface area contributed by atoms with E-state index in [0.29, 0.717) is 5.56 Å². The van der Waals surface area contributed by atoms with Crippen molar-refractivity contribution in [2.24, 2.45) is 0 Å². The third-order valence-electron chi connectivity index (χ3n) is 4.18. The molecule has 0 aliphatic carbocycles. The van der Waals surface area contributed by atoms with E-state index in [0.717, 1.165) is 27.9 Å². The molecule has 24 heavy (non-hydrogen) atoms. The van der Waals surface area contributed by atoms with Crippen molar-refractivity contribution < 1.29 is 15.0 Å². The van der Waals surface area contributed by atoms with Crippen molar-refractivity contribution in [3.8, 4) is 22.4 Å². The molecule has 1 heterocycles. The van der Waals surface area contributed by atoms with Gasteiger partial charge < -0.3 is 15.2 Å². The lowest BCUT2D eigenvalue weighted by atomic mass is 9.98. The minimum atomic E-state index is -0.991. The van der Waals surface area contributed by atoms with Gasteiger partial charge in [0.15, 0.2) is 0 Å². The van der Waals surface area contributed by atoms with Crippen LogP contribution in [-0.4, -0.2) is 21.2 Å². The van der Waals surface area contributed by atoms with E-state index in [1.165, 1.54) is 0 Å². The van der Waals surface area contributed by atoms with Crippen molar-refractivity contribution in [3.63, 3.8) is 0 Å². The van der Waals surface area contributed by atoms with Crippen molar-refractivity contribution in [1.29, 1.82) is 0 Å². The number of hydrogen-bond acceptors (Lipinski definition) is 2. The number of aliphatic hydroxyl groups is 1. The molecule has 4 nitrogen and oxygen atoms in total. The standard InChI is InChI=1S/C20H19NO3/c1-12-17(14-7-4-3-5-8-14)19(20(23)24)21-18(12)16-10-6-9-15(11-16)13(2)22/h3-11,13,21-22H,1-2H3,(H,23,24). The number of carboxylic acid groups (broad SMARTS) is 1. The van der Waals surface area contributed by atoms with Gasteiger partial charge in [-0.25, -0.2) is 4.79 Å². The molecule has 0 saturated heterocycles. The predicted molar refractivity (Wildman–Crippen MR) is 94.0 cm³/mol. The normalized spacial score (nSPS) is 12.1. The second-order valence-corrected chi connectivity index (χ2v) is 5.85. The molecular weight excluding hydrogens is 302 g/mol. The number of hydrogen-bond donors (Lipinski definition) is 3. The third-order valence-corrected chi connectivity index (χ3v) is 4.18. The van der Waals surface area contributed by atoms with Crippen molar-refractivity contribution >= 4 is 5.97 Å². The van der Waals surface area contributed by atoms with E-state index in [-0.39, 0.29) is 5.69 Å². The monoisotopic (exact) mass is 321 g/mol. The number of benzene rings is 2. The average Bonchev–Trinajstić information content (AvgIpc) is 2.93. The van der Waals surface area contributed by atoms with Crippen LogP contribution in [0, 0.1) is 6.92 Å². The molecule has 0 spiro atoms. The van der Waals surface area contributed by atoms with Crippen molar-refractivity contribution in [1.82, 2.24) is 4.98 Å². The summed E-state index contributed by atoms with van der Waals surface area (Å²) in [6, 6.07) is 17.0. The van der Waals surface area contributed by atoms with E-state index in [1.54, 1.807) is 6.92 Å². The van der Waals surface area contributed by atoms with Gasteiger partial charge in [-0.15, -0.1) is 0 Å². The Morgan fingerprint density at radius 1 is 1.04 bits per heavy atom. The molecule has 1 unspecified atom stereocenters. The number of carbonyl (C=O) groups is 1. The maximum absolute atomic E-state index is 11.7. The molecule has 0 fully saturated rings. The summed E-state index contributed by atoms with van der Waals surface area (Å²) in [5, 5.41) is 19.4. The van der Waals surface area contributed by atoms with E-state index >= 15 is 0 Å². The Labute approximate surface area is 140 Å². The SMILES string of the molecule is Cc1c(-c2cccc(C(C)O)c2)[nH]c(C(=O)O)c1-c1ccccc1. The summed E-state index contributed by atoms with van der Waals surface area (Å²) in [5.74, 6) is -0.991. The number of H-pyrrole nitrogens is 1. The Morgan fingerprint density at radius 3 is 2.33 bits per heavy atom. The molecule has 1 atom stereocenters. The Kier molecular flexibility index (Phi) is 4.23. The number of rotatable bonds is 4. The van der Waals surface area contributed by atoms with Crippen molar-refractivity contribution in [2.75, 3.05) is 0 Å². The highest BCUT2D eigenvalue weighted by Gasteiger charge is 2.21. The predicted octanol–water partition coefficient (Wildman–Crippen LogP) is 4.41. The quantitative estimate of drug-likeness (QED) is 0.666. The number of carboxylic acids is 1. The summed E-state index contributed by atoms with van der Waals surface area (Å²) in [4.78, 5) is 14.7. The molecule has 1 aromatic heterocycles. The van der Waals surface area contributed by atoms with Gasteiger partial charge >= 0.3 is 5.97 Å². The van der Waals surface area contributed by atoms with Crippen LogP contribution in [0.2, 0.25) is 0 Å². The highest BCUT2D eigenvalue weighted by molar-refractivity contribution is 5.98. The van der Waals surface area contributed by atoms with Crippen LogP contribution in [0.5, 0.6) is 0 Å². The molecule has 3 rings (SSSR count). The van der Waals surface area contributed by atoms with E-state index in [2.05, 4.69) is 4.98 Å². The minimum absolute atomic E-state index is 0.177. The van der Waals surface area contributed by atoms with Gasteiger partial charge in [-0.3, -0.25) is 0 Å². The molecule has 0 bridgehead atoms. The van der Waals surface area contributed by atoms with Gasteiger partial charge in [-0.1, -0.05) is 48.5 Å². The minimum Gasteiger partial charge on any atom is -0.477 e. The summed E-state index contributed by atoms with van der Waals surface area (Å²) in [5.41, 5.74) is 5.02. The molecule has 3 aromatic rings. The Bertz CT molecular complexity index is 879. The highest BCUT2D eigenvalue weighted by atomic mass is 16.4. The van der Waals surface area contributed by atoms with Crippen molar-refractivity contribution in [3.05, 3.63) is 71.4 Å². The smallest absolute Gasteiger partial charge is 0.352 e. The first-order valence-corrected chi connectivity index (χ1v) is 7.78. The lowest BCUT2D eigenvalue weighted by molar-refractivity contribution is 0.0692. The summed E-state index contributed by atoms with van der Waals surface area (Å²) < 4.78 is 0. The van der Waals surface area contributed by atoms with Gasteiger partial charge in [-0.2, -0.15) is 0 Å². The van der Waals surface area contributed by atoms with Gasteiger partial charge in [-0.05, 0) is 42.2 Å². The molecule has 0 radical (unpaired) electrons. The van der Waals surface area contributed by atoms with Gasteiger partial charge in [0, 0.05) is 11.3 Å². The van der Waals surface area contributed by atoms with Crippen LogP contribution in [-0.2, 0) is 0 Å². The summed E-state index contributed by atoms with van der Waals surface area (Å²) in [7, 11) is 0. The zero-order valence-corrected chi connectivity index (χ0v) is 13.6. The third kappa shape index (κ3) is 2.84. The van der Waals surface area contributed by atoms with Gasteiger partial charge in [0.25, 0.3) is 0 Å². The Hall–Kier alpha value is -2.85. The van der Waals surface area contributed by atoms with E-state index in [4.69, 9.17) is 0 Å². The largest absolute Gasteiger partial charge is 0.477 e.